The maximum Gasteiger partial charge on any atom is 0.258 e. The van der Waals surface area contributed by atoms with Gasteiger partial charge in [0.05, 0.1) is 17.1 Å². The minimum atomic E-state index is -0.0847. The molecule has 7 nitrogen and oxygen atoms in total. The molecule has 5 rings (SSSR count). The molecule has 34 heavy (non-hydrogen) atoms. The third kappa shape index (κ3) is 4.12. The zero-order valence-corrected chi connectivity index (χ0v) is 20.2. The Hall–Kier alpha value is -3.45. The second kappa shape index (κ2) is 9.06. The Labute approximate surface area is 200 Å². The van der Waals surface area contributed by atoms with Crippen molar-refractivity contribution in [2.45, 2.75) is 39.7 Å². The highest BCUT2D eigenvalue weighted by molar-refractivity contribution is 5.73. The van der Waals surface area contributed by atoms with Crippen LogP contribution in [0.1, 0.15) is 37.9 Å². The minimum Gasteiger partial charge on any atom is -0.367 e. The molecule has 0 unspecified atom stereocenters. The van der Waals surface area contributed by atoms with E-state index < -0.39 is 0 Å². The normalized spacial score (nSPS) is 17.0. The standard InChI is InChI=1S/C27H32N6O/c1-5-7-10-30-11-12-31(16-20(30)4)23-8-9-25-29-24(14-26(34)33(25)18-23)22-13-21(6-2)27-28-19(3)15-32(27)17-22/h6,8-9,13-15,17-18,20H,2,5,7,10-12,16H2,1,3-4H3/t20-/m0/s1. The van der Waals surface area contributed by atoms with Gasteiger partial charge < -0.3 is 9.30 Å². The van der Waals surface area contributed by atoms with E-state index >= 15 is 0 Å². The van der Waals surface area contributed by atoms with Crippen LogP contribution in [0.2, 0.25) is 0 Å². The fraction of sp³-hybridized carbons (Fsp3) is 0.370. The van der Waals surface area contributed by atoms with Crippen LogP contribution in [0.3, 0.4) is 0 Å². The summed E-state index contributed by atoms with van der Waals surface area (Å²) in [6, 6.07) is 8.12. The topological polar surface area (TPSA) is 58.2 Å². The molecule has 176 valence electrons. The van der Waals surface area contributed by atoms with E-state index in [1.165, 1.54) is 12.8 Å². The van der Waals surface area contributed by atoms with E-state index in [0.717, 1.165) is 54.3 Å². The lowest BCUT2D eigenvalue weighted by atomic mass is 10.1. The number of rotatable bonds is 6. The summed E-state index contributed by atoms with van der Waals surface area (Å²) in [4.78, 5) is 27.4. The number of aromatic nitrogens is 4. The molecule has 0 saturated carbocycles. The van der Waals surface area contributed by atoms with Gasteiger partial charge in [-0.2, -0.15) is 0 Å². The van der Waals surface area contributed by atoms with Crippen LogP contribution in [-0.4, -0.2) is 55.9 Å². The molecule has 0 spiro atoms. The van der Waals surface area contributed by atoms with E-state index in [4.69, 9.17) is 4.98 Å². The number of imidazole rings is 1. The molecule has 0 aromatic carbocycles. The van der Waals surface area contributed by atoms with Gasteiger partial charge in [0.15, 0.2) is 0 Å². The summed E-state index contributed by atoms with van der Waals surface area (Å²) >= 11 is 0. The number of piperazine rings is 1. The molecule has 0 amide bonds. The molecule has 4 aromatic heterocycles. The summed E-state index contributed by atoms with van der Waals surface area (Å²) in [5.74, 6) is 0. The van der Waals surface area contributed by atoms with Crippen LogP contribution >= 0.6 is 0 Å². The third-order valence-electron chi connectivity index (χ3n) is 6.79. The Morgan fingerprint density at radius 3 is 2.76 bits per heavy atom. The number of pyridine rings is 2. The van der Waals surface area contributed by atoms with Crippen molar-refractivity contribution >= 4 is 23.1 Å². The number of anilines is 1. The van der Waals surface area contributed by atoms with E-state index in [9.17, 15) is 4.79 Å². The van der Waals surface area contributed by atoms with Crippen molar-refractivity contribution in [3.05, 3.63) is 71.0 Å². The summed E-state index contributed by atoms with van der Waals surface area (Å²) in [5.41, 5.74) is 5.82. The van der Waals surface area contributed by atoms with Gasteiger partial charge >= 0.3 is 0 Å². The molecule has 1 fully saturated rings. The SMILES string of the molecule is C=Cc1cc(-c2cc(=O)n3cc(N4CCN(CCCC)[C@@H](C)C4)ccc3n2)cn2cc(C)nc12. The first-order valence-corrected chi connectivity index (χ1v) is 12.1. The van der Waals surface area contributed by atoms with E-state index in [1.807, 2.05) is 42.0 Å². The molecule has 4 aromatic rings. The number of unbranched alkanes of at least 4 members (excludes halogenated alkanes) is 1. The second-order valence-electron chi connectivity index (χ2n) is 9.28. The summed E-state index contributed by atoms with van der Waals surface area (Å²) < 4.78 is 3.62. The fourth-order valence-corrected chi connectivity index (χ4v) is 4.89. The molecule has 7 heteroatoms. The van der Waals surface area contributed by atoms with Gasteiger partial charge in [0.2, 0.25) is 0 Å². The zero-order chi connectivity index (χ0) is 23.8. The monoisotopic (exact) mass is 456 g/mol. The lowest BCUT2D eigenvalue weighted by molar-refractivity contribution is 0.187. The summed E-state index contributed by atoms with van der Waals surface area (Å²) in [6.45, 7) is 14.6. The van der Waals surface area contributed by atoms with E-state index in [0.29, 0.717) is 17.4 Å². The Bertz CT molecular complexity index is 1420. The third-order valence-corrected chi connectivity index (χ3v) is 6.79. The van der Waals surface area contributed by atoms with Gasteiger partial charge in [0, 0.05) is 61.5 Å². The predicted molar refractivity (Wildman–Crippen MR) is 139 cm³/mol. The maximum absolute atomic E-state index is 13.1. The number of hydrogen-bond donors (Lipinski definition) is 0. The average molecular weight is 457 g/mol. The molecule has 0 radical (unpaired) electrons. The molecular formula is C27H32N6O. The van der Waals surface area contributed by atoms with Gasteiger partial charge in [0.1, 0.15) is 11.3 Å². The Balaban J connectivity index is 1.46. The van der Waals surface area contributed by atoms with Crippen LogP contribution in [0.5, 0.6) is 0 Å². The highest BCUT2D eigenvalue weighted by Crippen LogP contribution is 2.24. The second-order valence-corrected chi connectivity index (χ2v) is 9.28. The first-order valence-electron chi connectivity index (χ1n) is 12.1. The van der Waals surface area contributed by atoms with Crippen molar-refractivity contribution < 1.29 is 0 Å². The van der Waals surface area contributed by atoms with Crippen LogP contribution < -0.4 is 10.5 Å². The number of aryl methyl sites for hydroxylation is 1. The summed E-state index contributed by atoms with van der Waals surface area (Å²) in [7, 11) is 0. The Morgan fingerprint density at radius 2 is 2.00 bits per heavy atom. The number of hydrogen-bond acceptors (Lipinski definition) is 5. The van der Waals surface area contributed by atoms with Crippen LogP contribution in [0.25, 0.3) is 28.6 Å². The molecule has 1 atom stereocenters. The highest BCUT2D eigenvalue weighted by Gasteiger charge is 2.23. The minimum absolute atomic E-state index is 0.0847. The molecular weight excluding hydrogens is 424 g/mol. The first kappa shape index (κ1) is 22.3. The molecule has 1 aliphatic rings. The molecule has 1 aliphatic heterocycles. The number of nitrogens with zero attached hydrogens (tertiary/aromatic N) is 6. The maximum atomic E-state index is 13.1. The number of fused-ring (bicyclic) bond motifs is 2. The zero-order valence-electron chi connectivity index (χ0n) is 20.2. The van der Waals surface area contributed by atoms with Crippen molar-refractivity contribution in [2.75, 3.05) is 31.1 Å². The molecule has 0 bridgehead atoms. The van der Waals surface area contributed by atoms with E-state index in [1.54, 1.807) is 16.5 Å². The first-order chi connectivity index (χ1) is 16.5. The van der Waals surface area contributed by atoms with Crippen molar-refractivity contribution in [3.63, 3.8) is 0 Å². The van der Waals surface area contributed by atoms with Gasteiger partial charge in [-0.3, -0.25) is 14.1 Å². The summed E-state index contributed by atoms with van der Waals surface area (Å²) in [5, 5.41) is 0. The fourth-order valence-electron chi connectivity index (χ4n) is 4.89. The van der Waals surface area contributed by atoms with Crippen LogP contribution in [0.4, 0.5) is 5.69 Å². The van der Waals surface area contributed by atoms with Crippen molar-refractivity contribution in [1.29, 1.82) is 0 Å². The predicted octanol–water partition coefficient (Wildman–Crippen LogP) is 4.27. The van der Waals surface area contributed by atoms with Crippen molar-refractivity contribution in [3.8, 4) is 11.3 Å². The van der Waals surface area contributed by atoms with Gasteiger partial charge in [-0.15, -0.1) is 0 Å². The van der Waals surface area contributed by atoms with Crippen LogP contribution in [-0.2, 0) is 0 Å². The molecule has 1 saturated heterocycles. The smallest absolute Gasteiger partial charge is 0.258 e. The lowest BCUT2D eigenvalue weighted by Gasteiger charge is -2.41. The van der Waals surface area contributed by atoms with Crippen molar-refractivity contribution in [2.24, 2.45) is 0 Å². The van der Waals surface area contributed by atoms with Gasteiger partial charge in [-0.05, 0) is 45.0 Å². The summed E-state index contributed by atoms with van der Waals surface area (Å²) in [6.07, 6.45) is 10.1. The largest absolute Gasteiger partial charge is 0.367 e. The van der Waals surface area contributed by atoms with Gasteiger partial charge in [-0.1, -0.05) is 26.0 Å². The average Bonchev–Trinajstić information content (AvgIpc) is 3.22. The quantitative estimate of drug-likeness (QED) is 0.434. The Morgan fingerprint density at radius 1 is 1.15 bits per heavy atom. The van der Waals surface area contributed by atoms with Crippen LogP contribution in [0, 0.1) is 6.92 Å². The van der Waals surface area contributed by atoms with Crippen molar-refractivity contribution in [1.82, 2.24) is 23.7 Å². The molecule has 5 heterocycles. The highest BCUT2D eigenvalue weighted by atomic mass is 16.1. The lowest BCUT2D eigenvalue weighted by Crippen LogP contribution is -2.52. The molecule has 0 aliphatic carbocycles. The van der Waals surface area contributed by atoms with Crippen LogP contribution in [0.15, 0.2) is 54.2 Å². The van der Waals surface area contributed by atoms with E-state index in [2.05, 4.69) is 41.3 Å². The van der Waals surface area contributed by atoms with E-state index in [-0.39, 0.29) is 5.56 Å². The molecule has 0 N–H and O–H groups in total. The van der Waals surface area contributed by atoms with Gasteiger partial charge in [0.25, 0.3) is 5.56 Å². The Kier molecular flexibility index (Phi) is 5.96. The van der Waals surface area contributed by atoms with Gasteiger partial charge in [-0.25, -0.2) is 9.97 Å².